The Bertz CT molecular complexity index is 1640. The predicted molar refractivity (Wildman–Crippen MR) is 148 cm³/mol. The molecule has 4 aromatic carbocycles. The Kier molecular flexibility index (Phi) is 4.72. The van der Waals surface area contributed by atoms with Crippen LogP contribution in [-0.4, -0.2) is 13.1 Å². The minimum absolute atomic E-state index is 1.03. The van der Waals surface area contributed by atoms with E-state index in [1.807, 2.05) is 11.3 Å². The molecule has 0 radical (unpaired) electrons. The third-order valence-corrected chi connectivity index (χ3v) is 9.63. The summed E-state index contributed by atoms with van der Waals surface area (Å²) in [5, 5.41) is 5.34. The van der Waals surface area contributed by atoms with Crippen molar-refractivity contribution in [2.75, 3.05) is 0 Å². The number of nitrogens with zero attached hydrogens (tertiary/aromatic N) is 1. The molecule has 2 aromatic heterocycles. The Morgan fingerprint density at radius 3 is 2.18 bits per heavy atom. The topological polar surface area (TPSA) is 12.9 Å². The molecule has 0 N–H and O–H groups in total. The maximum atomic E-state index is 5.14. The van der Waals surface area contributed by atoms with Crippen LogP contribution in [0.5, 0.6) is 0 Å². The molecule has 0 atom stereocenters. The van der Waals surface area contributed by atoms with Gasteiger partial charge in [0.1, 0.15) is 0 Å². The highest BCUT2D eigenvalue weighted by Crippen LogP contribution is 2.37. The van der Waals surface area contributed by atoms with Crippen LogP contribution in [-0.2, 0) is 0 Å². The average Bonchev–Trinajstić information content (AvgIpc) is 3.21. The molecule has 0 spiro atoms. The normalized spacial score (nSPS) is 12.1. The first-order chi connectivity index (χ1) is 16.0. The van der Waals surface area contributed by atoms with Gasteiger partial charge in [-0.2, -0.15) is 0 Å². The number of hydrogen-bond acceptors (Lipinski definition) is 2. The first kappa shape index (κ1) is 20.3. The van der Waals surface area contributed by atoms with Gasteiger partial charge in [0.25, 0.3) is 0 Å². The summed E-state index contributed by atoms with van der Waals surface area (Å²) in [6, 6.07) is 35.3. The lowest BCUT2D eigenvalue weighted by Crippen LogP contribution is -2.37. The number of hydrogen-bond donors (Lipinski definition) is 0. The molecule has 0 aliphatic rings. The van der Waals surface area contributed by atoms with E-state index in [0.717, 1.165) is 11.2 Å². The molecule has 0 saturated heterocycles. The van der Waals surface area contributed by atoms with E-state index in [0.29, 0.717) is 0 Å². The van der Waals surface area contributed by atoms with Gasteiger partial charge in [-0.1, -0.05) is 91.6 Å². The summed E-state index contributed by atoms with van der Waals surface area (Å²) in [4.78, 5) is 5.14. The molecule has 6 aromatic rings. The van der Waals surface area contributed by atoms with Crippen molar-refractivity contribution in [2.24, 2.45) is 0 Å². The van der Waals surface area contributed by atoms with E-state index < -0.39 is 8.07 Å². The number of pyridine rings is 1. The van der Waals surface area contributed by atoms with Crippen LogP contribution in [0.2, 0.25) is 19.6 Å². The lowest BCUT2D eigenvalue weighted by molar-refractivity contribution is 1.40. The third-order valence-electron chi connectivity index (χ3n) is 6.43. The molecule has 2 heterocycles. The molecule has 0 bridgehead atoms. The molecule has 0 unspecified atom stereocenters. The van der Waals surface area contributed by atoms with Gasteiger partial charge in [0.15, 0.2) is 0 Å². The number of rotatable bonds is 3. The summed E-state index contributed by atoms with van der Waals surface area (Å²) in [6.07, 6.45) is 0. The lowest BCUT2D eigenvalue weighted by Gasteiger charge is -2.18. The second-order valence-electron chi connectivity index (χ2n) is 9.71. The maximum absolute atomic E-state index is 5.14. The standard InChI is InChI=1S/C30H25NSSi/c1-33(2,3)22-14-15-27-25(18-22)24(20-9-5-4-6-10-20)19-28(31-27)21-13-16-30-26(17-21)23-11-7-8-12-29(23)32-30/h4-19H,1-3H3. The zero-order chi connectivity index (χ0) is 22.6. The molecule has 0 saturated carbocycles. The van der Waals surface area contributed by atoms with Crippen LogP contribution in [0.1, 0.15) is 0 Å². The van der Waals surface area contributed by atoms with Crippen molar-refractivity contribution in [1.82, 2.24) is 4.98 Å². The first-order valence-corrected chi connectivity index (χ1v) is 15.7. The summed E-state index contributed by atoms with van der Waals surface area (Å²) >= 11 is 1.86. The second kappa shape index (κ2) is 7.65. The summed E-state index contributed by atoms with van der Waals surface area (Å²) in [5.74, 6) is 0. The molecule has 6 rings (SSSR count). The van der Waals surface area contributed by atoms with E-state index >= 15 is 0 Å². The molecule has 0 amide bonds. The Balaban J connectivity index is 1.61. The second-order valence-corrected chi connectivity index (χ2v) is 15.9. The largest absolute Gasteiger partial charge is 0.248 e. The van der Waals surface area contributed by atoms with Gasteiger partial charge in [-0.25, -0.2) is 4.98 Å². The van der Waals surface area contributed by atoms with Crippen LogP contribution < -0.4 is 5.19 Å². The van der Waals surface area contributed by atoms with Gasteiger partial charge in [-0.05, 0) is 41.5 Å². The highest BCUT2D eigenvalue weighted by molar-refractivity contribution is 7.25. The quantitative estimate of drug-likeness (QED) is 0.242. The van der Waals surface area contributed by atoms with Crippen molar-refractivity contribution in [1.29, 1.82) is 0 Å². The molecule has 33 heavy (non-hydrogen) atoms. The van der Waals surface area contributed by atoms with Crippen LogP contribution >= 0.6 is 11.3 Å². The predicted octanol–water partition coefficient (Wildman–Crippen LogP) is 8.48. The van der Waals surface area contributed by atoms with E-state index in [-0.39, 0.29) is 0 Å². The Labute approximate surface area is 199 Å². The van der Waals surface area contributed by atoms with Crippen molar-refractivity contribution < 1.29 is 0 Å². The van der Waals surface area contributed by atoms with Crippen LogP contribution in [0, 0.1) is 0 Å². The Morgan fingerprint density at radius 2 is 1.36 bits per heavy atom. The fourth-order valence-corrected chi connectivity index (χ4v) is 6.83. The zero-order valence-electron chi connectivity index (χ0n) is 19.1. The molecule has 0 aliphatic carbocycles. The number of benzene rings is 4. The van der Waals surface area contributed by atoms with Crippen LogP contribution in [0.15, 0.2) is 97.1 Å². The maximum Gasteiger partial charge on any atom is 0.0776 e. The van der Waals surface area contributed by atoms with Gasteiger partial charge in [-0.3, -0.25) is 0 Å². The van der Waals surface area contributed by atoms with Gasteiger partial charge in [0, 0.05) is 31.1 Å². The van der Waals surface area contributed by atoms with Crippen molar-refractivity contribution in [3.8, 4) is 22.4 Å². The van der Waals surface area contributed by atoms with E-state index in [1.165, 1.54) is 47.4 Å². The first-order valence-electron chi connectivity index (χ1n) is 11.4. The van der Waals surface area contributed by atoms with Crippen LogP contribution in [0.25, 0.3) is 53.5 Å². The molecule has 0 aliphatic heterocycles. The van der Waals surface area contributed by atoms with E-state index in [1.54, 1.807) is 0 Å². The van der Waals surface area contributed by atoms with E-state index in [2.05, 4.69) is 117 Å². The van der Waals surface area contributed by atoms with Gasteiger partial charge in [0.05, 0.1) is 19.3 Å². The van der Waals surface area contributed by atoms with Gasteiger partial charge >= 0.3 is 0 Å². The van der Waals surface area contributed by atoms with E-state index in [9.17, 15) is 0 Å². The SMILES string of the molecule is C[Si](C)(C)c1ccc2nc(-c3ccc4sc5ccccc5c4c3)cc(-c3ccccc3)c2c1. The minimum Gasteiger partial charge on any atom is -0.248 e. The fraction of sp³-hybridized carbons (Fsp3) is 0.100. The molecular formula is C30H25NSSi. The smallest absolute Gasteiger partial charge is 0.0776 e. The molecular weight excluding hydrogens is 434 g/mol. The summed E-state index contributed by atoms with van der Waals surface area (Å²) in [6.45, 7) is 7.20. The van der Waals surface area contributed by atoms with E-state index in [4.69, 9.17) is 4.98 Å². The number of thiophene rings is 1. The fourth-order valence-electron chi connectivity index (χ4n) is 4.58. The van der Waals surface area contributed by atoms with Gasteiger partial charge in [0.2, 0.25) is 0 Å². The number of aromatic nitrogens is 1. The van der Waals surface area contributed by atoms with Crippen LogP contribution in [0.3, 0.4) is 0 Å². The highest BCUT2D eigenvalue weighted by Gasteiger charge is 2.18. The molecule has 3 heteroatoms. The summed E-state index contributed by atoms with van der Waals surface area (Å²) in [5.41, 5.74) is 5.74. The summed E-state index contributed by atoms with van der Waals surface area (Å²) < 4.78 is 2.66. The zero-order valence-corrected chi connectivity index (χ0v) is 20.9. The Hall–Kier alpha value is -3.27. The average molecular weight is 460 g/mol. The van der Waals surface area contributed by atoms with Crippen molar-refractivity contribution in [3.05, 3.63) is 97.1 Å². The molecule has 160 valence electrons. The molecule has 1 nitrogen and oxygen atoms in total. The highest BCUT2D eigenvalue weighted by atomic mass is 32.1. The van der Waals surface area contributed by atoms with Crippen molar-refractivity contribution in [2.45, 2.75) is 19.6 Å². The lowest BCUT2D eigenvalue weighted by atomic mass is 9.98. The summed E-state index contributed by atoms with van der Waals surface area (Å²) in [7, 11) is -1.43. The van der Waals surface area contributed by atoms with Gasteiger partial charge in [-0.15, -0.1) is 11.3 Å². The monoisotopic (exact) mass is 459 g/mol. The Morgan fingerprint density at radius 1 is 0.606 bits per heavy atom. The minimum atomic E-state index is -1.43. The van der Waals surface area contributed by atoms with Gasteiger partial charge < -0.3 is 0 Å². The van der Waals surface area contributed by atoms with Crippen molar-refractivity contribution in [3.63, 3.8) is 0 Å². The number of fused-ring (bicyclic) bond motifs is 4. The third kappa shape index (κ3) is 3.58. The molecule has 0 fully saturated rings. The van der Waals surface area contributed by atoms with Crippen LogP contribution in [0.4, 0.5) is 0 Å². The van der Waals surface area contributed by atoms with Crippen molar-refractivity contribution >= 4 is 55.7 Å².